The van der Waals surface area contributed by atoms with Crippen LogP contribution in [0.15, 0.2) is 42.5 Å². The number of carbonyl (C=O) groups excluding carboxylic acids is 5. The van der Waals surface area contributed by atoms with Crippen molar-refractivity contribution in [2.75, 3.05) is 29.7 Å². The van der Waals surface area contributed by atoms with Crippen molar-refractivity contribution in [1.29, 1.82) is 0 Å². The molecule has 2 aliphatic heterocycles. The number of ether oxygens (including phenoxy) is 2. The SMILES string of the molecule is CC(=O)N1C[C@H](NC(=O)c2ccc3c(c2)OCO3)C(=O)N(CC(=O)N[C@H](C=O)CC(=O)O)c2ccccc21. The molecule has 3 N–H and O–H groups in total. The van der Waals surface area contributed by atoms with Crippen LogP contribution in [0.2, 0.25) is 0 Å². The molecule has 4 amide bonds. The van der Waals surface area contributed by atoms with Crippen LogP contribution in [0.1, 0.15) is 23.7 Å². The zero-order valence-electron chi connectivity index (χ0n) is 20.2. The number of amides is 4. The summed E-state index contributed by atoms with van der Waals surface area (Å²) in [6, 6.07) is 8.35. The fourth-order valence-corrected chi connectivity index (χ4v) is 4.15. The Kier molecular flexibility index (Phi) is 7.55. The number of rotatable bonds is 8. The first-order valence-corrected chi connectivity index (χ1v) is 11.5. The van der Waals surface area contributed by atoms with E-state index in [9.17, 15) is 28.8 Å². The number of aliphatic carboxylic acids is 1. The van der Waals surface area contributed by atoms with E-state index in [1.165, 1.54) is 30.0 Å². The summed E-state index contributed by atoms with van der Waals surface area (Å²) in [6.45, 7) is 0.514. The maximum Gasteiger partial charge on any atom is 0.305 e. The van der Waals surface area contributed by atoms with Crippen molar-refractivity contribution in [2.45, 2.75) is 25.4 Å². The van der Waals surface area contributed by atoms with Gasteiger partial charge in [-0.05, 0) is 30.3 Å². The van der Waals surface area contributed by atoms with Gasteiger partial charge in [0.05, 0.1) is 30.4 Å². The van der Waals surface area contributed by atoms with E-state index in [1.807, 2.05) is 0 Å². The number of benzene rings is 2. The summed E-state index contributed by atoms with van der Waals surface area (Å²) in [5, 5.41) is 13.8. The fourth-order valence-electron chi connectivity index (χ4n) is 4.15. The third-order valence-corrected chi connectivity index (χ3v) is 5.92. The minimum Gasteiger partial charge on any atom is -0.481 e. The highest BCUT2D eigenvalue weighted by atomic mass is 16.7. The van der Waals surface area contributed by atoms with Crippen molar-refractivity contribution < 1.29 is 43.3 Å². The summed E-state index contributed by atoms with van der Waals surface area (Å²) in [5.74, 6) is -2.97. The van der Waals surface area contributed by atoms with Gasteiger partial charge in [0.2, 0.25) is 18.6 Å². The van der Waals surface area contributed by atoms with Gasteiger partial charge in [0, 0.05) is 12.5 Å². The molecule has 2 heterocycles. The molecule has 2 aliphatic rings. The van der Waals surface area contributed by atoms with Crippen LogP contribution in [0.3, 0.4) is 0 Å². The molecule has 0 radical (unpaired) electrons. The van der Waals surface area contributed by atoms with E-state index in [1.54, 1.807) is 24.3 Å². The number of hydrogen-bond acceptors (Lipinski definition) is 8. The number of para-hydroxylation sites is 2. The highest BCUT2D eigenvalue weighted by Gasteiger charge is 2.37. The number of carboxylic acids is 1. The first-order chi connectivity index (χ1) is 18.2. The van der Waals surface area contributed by atoms with Crippen LogP contribution in [-0.2, 0) is 24.0 Å². The molecule has 38 heavy (non-hydrogen) atoms. The van der Waals surface area contributed by atoms with Crippen molar-refractivity contribution in [3.8, 4) is 11.5 Å². The maximum atomic E-state index is 13.7. The Morgan fingerprint density at radius 3 is 2.50 bits per heavy atom. The Balaban J connectivity index is 1.62. The van der Waals surface area contributed by atoms with Gasteiger partial charge < -0.3 is 34.9 Å². The first-order valence-electron chi connectivity index (χ1n) is 11.5. The molecular formula is C25H24N4O9. The molecule has 198 valence electrons. The zero-order valence-corrected chi connectivity index (χ0v) is 20.2. The van der Waals surface area contributed by atoms with Gasteiger partial charge in [0.25, 0.3) is 11.8 Å². The second kappa shape index (κ2) is 11.0. The van der Waals surface area contributed by atoms with Gasteiger partial charge in [-0.3, -0.25) is 28.9 Å². The van der Waals surface area contributed by atoms with Gasteiger partial charge in [-0.1, -0.05) is 12.1 Å². The Morgan fingerprint density at radius 2 is 1.82 bits per heavy atom. The number of carboxylic acid groups (broad SMARTS) is 1. The summed E-state index contributed by atoms with van der Waals surface area (Å²) < 4.78 is 10.6. The fraction of sp³-hybridized carbons (Fsp3) is 0.280. The van der Waals surface area contributed by atoms with Crippen LogP contribution in [0.25, 0.3) is 0 Å². The van der Waals surface area contributed by atoms with Crippen LogP contribution >= 0.6 is 0 Å². The Morgan fingerprint density at radius 1 is 1.11 bits per heavy atom. The topological polar surface area (TPSA) is 172 Å². The highest BCUT2D eigenvalue weighted by Crippen LogP contribution is 2.34. The third-order valence-electron chi connectivity index (χ3n) is 5.92. The number of nitrogens with one attached hydrogen (secondary N) is 2. The molecule has 0 aliphatic carbocycles. The summed E-state index contributed by atoms with van der Waals surface area (Å²) in [7, 11) is 0. The number of nitrogens with zero attached hydrogens (tertiary/aromatic N) is 2. The van der Waals surface area contributed by atoms with Gasteiger partial charge in [0.15, 0.2) is 11.5 Å². The van der Waals surface area contributed by atoms with Crippen molar-refractivity contribution >= 4 is 47.3 Å². The number of anilines is 2. The number of hydrogen-bond donors (Lipinski definition) is 3. The standard InChI is InChI=1S/C25H24N4O9/c1-14(31)28-10-17(27-24(35)15-6-7-20-21(8-15)38-13-37-20)25(36)29(19-5-3-2-4-18(19)28)11-22(32)26-16(12-30)9-23(33)34/h2-8,12,16-17H,9-11,13H2,1H3,(H,26,32)(H,27,35)(H,33,34)/t16-,17-/m0/s1. The number of fused-ring (bicyclic) bond motifs is 2. The monoisotopic (exact) mass is 524 g/mol. The smallest absolute Gasteiger partial charge is 0.305 e. The van der Waals surface area contributed by atoms with Crippen LogP contribution < -0.4 is 29.9 Å². The van der Waals surface area contributed by atoms with E-state index < -0.39 is 54.6 Å². The second-order valence-corrected chi connectivity index (χ2v) is 8.54. The molecule has 13 heteroatoms. The Labute approximate surface area is 216 Å². The minimum absolute atomic E-state index is 0.0157. The molecule has 0 bridgehead atoms. The predicted octanol–water partition coefficient (Wildman–Crippen LogP) is 0.0718. The normalized spacial score (nSPS) is 16.7. The summed E-state index contributed by atoms with van der Waals surface area (Å²) >= 11 is 0. The molecule has 0 aromatic heterocycles. The Bertz CT molecular complexity index is 1310. The predicted molar refractivity (Wildman–Crippen MR) is 131 cm³/mol. The van der Waals surface area contributed by atoms with Crippen molar-refractivity contribution in [1.82, 2.24) is 10.6 Å². The van der Waals surface area contributed by atoms with Gasteiger partial charge >= 0.3 is 5.97 Å². The van der Waals surface area contributed by atoms with Crippen molar-refractivity contribution in [2.24, 2.45) is 0 Å². The van der Waals surface area contributed by atoms with E-state index in [0.29, 0.717) is 17.2 Å². The molecule has 4 rings (SSSR count). The molecule has 2 aromatic rings. The lowest BCUT2D eigenvalue weighted by Gasteiger charge is -2.25. The van der Waals surface area contributed by atoms with Crippen LogP contribution in [-0.4, -0.2) is 73.0 Å². The number of carbonyl (C=O) groups is 6. The molecule has 0 spiro atoms. The van der Waals surface area contributed by atoms with Crippen molar-refractivity contribution in [3.05, 3.63) is 48.0 Å². The summed E-state index contributed by atoms with van der Waals surface area (Å²) in [6.07, 6.45) is -0.345. The lowest BCUT2D eigenvalue weighted by molar-refractivity contribution is -0.139. The highest BCUT2D eigenvalue weighted by molar-refractivity contribution is 6.10. The van der Waals surface area contributed by atoms with Gasteiger partial charge in [-0.15, -0.1) is 0 Å². The van der Waals surface area contributed by atoms with E-state index in [-0.39, 0.29) is 30.9 Å². The molecule has 0 unspecified atom stereocenters. The van der Waals surface area contributed by atoms with Crippen LogP contribution in [0.4, 0.5) is 11.4 Å². The molecule has 13 nitrogen and oxygen atoms in total. The molecule has 2 atom stereocenters. The quantitative estimate of drug-likeness (QED) is 0.404. The largest absolute Gasteiger partial charge is 0.481 e. The summed E-state index contributed by atoms with van der Waals surface area (Å²) in [5.41, 5.74) is 0.743. The third kappa shape index (κ3) is 5.56. The first kappa shape index (κ1) is 26.1. The molecule has 0 saturated carbocycles. The zero-order chi connectivity index (χ0) is 27.4. The van der Waals surface area contributed by atoms with E-state index in [2.05, 4.69) is 10.6 Å². The van der Waals surface area contributed by atoms with E-state index in [4.69, 9.17) is 14.6 Å². The van der Waals surface area contributed by atoms with Crippen LogP contribution in [0.5, 0.6) is 11.5 Å². The van der Waals surface area contributed by atoms with Crippen molar-refractivity contribution in [3.63, 3.8) is 0 Å². The molecule has 2 aromatic carbocycles. The Hall–Kier alpha value is -4.94. The van der Waals surface area contributed by atoms with E-state index in [0.717, 1.165) is 4.90 Å². The second-order valence-electron chi connectivity index (χ2n) is 8.54. The molecule has 0 saturated heterocycles. The van der Waals surface area contributed by atoms with E-state index >= 15 is 0 Å². The van der Waals surface area contributed by atoms with Gasteiger partial charge in [-0.25, -0.2) is 0 Å². The van der Waals surface area contributed by atoms with Gasteiger partial charge in [-0.2, -0.15) is 0 Å². The molecule has 0 fully saturated rings. The lowest BCUT2D eigenvalue weighted by Crippen LogP contribution is -2.54. The average molecular weight is 524 g/mol. The number of aldehydes is 1. The van der Waals surface area contributed by atoms with Crippen LogP contribution in [0, 0.1) is 0 Å². The minimum atomic E-state index is -1.30. The summed E-state index contributed by atoms with van der Waals surface area (Å²) in [4.78, 5) is 76.6. The lowest BCUT2D eigenvalue weighted by atomic mass is 10.1. The maximum absolute atomic E-state index is 13.7. The average Bonchev–Trinajstić information content (AvgIpc) is 3.32. The van der Waals surface area contributed by atoms with Gasteiger partial charge in [0.1, 0.15) is 18.9 Å². The molecular weight excluding hydrogens is 500 g/mol.